The molecule has 1 aromatic heterocycles. The normalized spacial score (nSPS) is 18.9. The molecule has 18 heavy (non-hydrogen) atoms. The molecular formula is C11H16N4O2S. The van der Waals surface area contributed by atoms with Crippen LogP contribution in [0.15, 0.2) is 6.07 Å². The van der Waals surface area contributed by atoms with Gasteiger partial charge in [-0.25, -0.2) is 0 Å². The fourth-order valence-electron chi connectivity index (χ4n) is 2.11. The lowest BCUT2D eigenvalue weighted by molar-refractivity contribution is -0.119. The van der Waals surface area contributed by atoms with Crippen molar-refractivity contribution in [2.75, 3.05) is 23.7 Å². The number of rotatable bonds is 3. The van der Waals surface area contributed by atoms with E-state index in [0.29, 0.717) is 10.6 Å². The molecule has 0 aromatic carbocycles. The van der Waals surface area contributed by atoms with Crippen molar-refractivity contribution in [3.63, 3.8) is 0 Å². The van der Waals surface area contributed by atoms with Crippen molar-refractivity contribution in [2.45, 2.75) is 19.4 Å². The molecule has 98 valence electrons. The van der Waals surface area contributed by atoms with E-state index in [4.69, 9.17) is 11.5 Å². The van der Waals surface area contributed by atoms with Crippen molar-refractivity contribution in [2.24, 2.45) is 5.73 Å². The zero-order valence-electron chi connectivity index (χ0n) is 10.1. The zero-order chi connectivity index (χ0) is 13.3. The molecule has 2 amide bonds. The van der Waals surface area contributed by atoms with E-state index in [9.17, 15) is 9.59 Å². The van der Waals surface area contributed by atoms with Crippen molar-refractivity contribution in [1.29, 1.82) is 0 Å². The highest BCUT2D eigenvalue weighted by Gasteiger charge is 2.25. The Morgan fingerprint density at radius 3 is 2.83 bits per heavy atom. The lowest BCUT2D eigenvalue weighted by Gasteiger charge is -2.16. The Labute approximate surface area is 109 Å². The quantitative estimate of drug-likeness (QED) is 0.726. The van der Waals surface area contributed by atoms with E-state index in [0.717, 1.165) is 24.5 Å². The van der Waals surface area contributed by atoms with Crippen LogP contribution in [0.5, 0.6) is 0 Å². The number of carbonyl (C=O) groups is 2. The second-order valence-corrected chi connectivity index (χ2v) is 5.40. The maximum absolute atomic E-state index is 11.1. The van der Waals surface area contributed by atoms with E-state index in [1.165, 1.54) is 18.3 Å². The summed E-state index contributed by atoms with van der Waals surface area (Å²) in [6.07, 6.45) is 0.892. The van der Waals surface area contributed by atoms with E-state index in [1.807, 2.05) is 0 Å². The molecule has 1 unspecified atom stereocenters. The first-order valence-corrected chi connectivity index (χ1v) is 6.50. The van der Waals surface area contributed by atoms with Gasteiger partial charge in [0.1, 0.15) is 4.88 Å². The Morgan fingerprint density at radius 2 is 2.28 bits per heavy atom. The van der Waals surface area contributed by atoms with Crippen LogP contribution in [-0.2, 0) is 4.79 Å². The number of thiophene rings is 1. The molecule has 1 aromatic rings. The van der Waals surface area contributed by atoms with E-state index in [-0.39, 0.29) is 11.9 Å². The van der Waals surface area contributed by atoms with Gasteiger partial charge in [-0.15, -0.1) is 11.3 Å². The van der Waals surface area contributed by atoms with Gasteiger partial charge in [0, 0.05) is 26.1 Å². The Hall–Kier alpha value is -1.76. The van der Waals surface area contributed by atoms with Gasteiger partial charge in [-0.2, -0.15) is 0 Å². The molecule has 1 aliphatic rings. The number of primary amides is 1. The summed E-state index contributed by atoms with van der Waals surface area (Å²) in [5.74, 6) is -0.522. The number of nitrogen functional groups attached to an aromatic ring is 1. The topological polar surface area (TPSA) is 101 Å². The van der Waals surface area contributed by atoms with Crippen LogP contribution < -0.4 is 21.7 Å². The summed E-state index contributed by atoms with van der Waals surface area (Å²) in [6.45, 7) is 3.08. The number of nitrogens with two attached hydrogens (primary N) is 2. The van der Waals surface area contributed by atoms with Crippen molar-refractivity contribution >= 4 is 33.8 Å². The van der Waals surface area contributed by atoms with Crippen molar-refractivity contribution in [3.8, 4) is 0 Å². The highest BCUT2D eigenvalue weighted by atomic mass is 32.1. The Kier molecular flexibility index (Phi) is 3.42. The van der Waals surface area contributed by atoms with E-state index < -0.39 is 5.91 Å². The number of carbonyl (C=O) groups excluding carboxylic acids is 2. The van der Waals surface area contributed by atoms with E-state index >= 15 is 0 Å². The van der Waals surface area contributed by atoms with Gasteiger partial charge in [0.25, 0.3) is 5.91 Å². The smallest absolute Gasteiger partial charge is 0.260 e. The largest absolute Gasteiger partial charge is 0.397 e. The molecule has 1 saturated heterocycles. The summed E-state index contributed by atoms with van der Waals surface area (Å²) in [7, 11) is 0. The molecule has 1 aliphatic heterocycles. The zero-order valence-corrected chi connectivity index (χ0v) is 10.9. The number of anilines is 2. The molecule has 0 aliphatic carbocycles. The Bertz CT molecular complexity index is 485. The van der Waals surface area contributed by atoms with Gasteiger partial charge in [-0.05, 0) is 12.5 Å². The standard InChI is InChI=1S/C11H16N4O2S/c1-6(16)14-7-2-3-15(5-7)9-4-8(12)10(18-9)11(13)17/h4,7H,2-3,5,12H2,1H3,(H2,13,17)(H,14,16). The number of hydrogen-bond acceptors (Lipinski definition) is 5. The molecular weight excluding hydrogens is 252 g/mol. The third-order valence-electron chi connectivity index (χ3n) is 2.88. The van der Waals surface area contributed by atoms with Gasteiger partial charge in [-0.1, -0.05) is 0 Å². The summed E-state index contributed by atoms with van der Waals surface area (Å²) < 4.78 is 0. The molecule has 1 fully saturated rings. The maximum Gasteiger partial charge on any atom is 0.260 e. The minimum atomic E-state index is -0.499. The summed E-state index contributed by atoms with van der Waals surface area (Å²) in [5.41, 5.74) is 11.4. The fourth-order valence-corrected chi connectivity index (χ4v) is 3.07. The van der Waals surface area contributed by atoms with Crippen LogP contribution in [0.4, 0.5) is 10.7 Å². The molecule has 1 atom stereocenters. The van der Waals surface area contributed by atoms with Crippen molar-refractivity contribution < 1.29 is 9.59 Å². The second-order valence-electron chi connectivity index (χ2n) is 4.37. The van der Waals surface area contributed by atoms with Gasteiger partial charge in [-0.3, -0.25) is 9.59 Å². The average Bonchev–Trinajstić information content (AvgIpc) is 2.83. The molecule has 7 heteroatoms. The van der Waals surface area contributed by atoms with Gasteiger partial charge < -0.3 is 21.7 Å². The minimum absolute atomic E-state index is 0.0228. The molecule has 0 spiro atoms. The maximum atomic E-state index is 11.1. The van der Waals surface area contributed by atoms with Crippen LogP contribution in [-0.4, -0.2) is 30.9 Å². The molecule has 5 N–H and O–H groups in total. The lowest BCUT2D eigenvalue weighted by Crippen LogP contribution is -2.35. The molecule has 6 nitrogen and oxygen atoms in total. The van der Waals surface area contributed by atoms with Crippen molar-refractivity contribution in [3.05, 3.63) is 10.9 Å². The van der Waals surface area contributed by atoms with Gasteiger partial charge in [0.05, 0.1) is 10.7 Å². The molecule has 2 rings (SSSR count). The Balaban J connectivity index is 2.07. The number of nitrogens with one attached hydrogen (secondary N) is 1. The minimum Gasteiger partial charge on any atom is -0.397 e. The van der Waals surface area contributed by atoms with Crippen LogP contribution >= 0.6 is 11.3 Å². The van der Waals surface area contributed by atoms with E-state index in [2.05, 4.69) is 10.2 Å². The van der Waals surface area contributed by atoms with Gasteiger partial charge >= 0.3 is 0 Å². The third kappa shape index (κ3) is 2.56. The van der Waals surface area contributed by atoms with E-state index in [1.54, 1.807) is 6.07 Å². The first-order valence-electron chi connectivity index (χ1n) is 5.68. The number of amides is 2. The summed E-state index contributed by atoms with van der Waals surface area (Å²) >= 11 is 1.30. The highest BCUT2D eigenvalue weighted by Crippen LogP contribution is 2.33. The number of nitrogens with zero attached hydrogens (tertiary/aromatic N) is 1. The molecule has 2 heterocycles. The molecule has 0 saturated carbocycles. The third-order valence-corrected chi connectivity index (χ3v) is 4.11. The molecule has 0 bridgehead atoms. The first kappa shape index (κ1) is 12.7. The summed E-state index contributed by atoms with van der Waals surface area (Å²) in [6, 6.07) is 1.92. The average molecular weight is 268 g/mol. The predicted molar refractivity (Wildman–Crippen MR) is 71.7 cm³/mol. The monoisotopic (exact) mass is 268 g/mol. The van der Waals surface area contributed by atoms with Gasteiger partial charge in [0.2, 0.25) is 5.91 Å². The lowest BCUT2D eigenvalue weighted by atomic mass is 10.3. The van der Waals surface area contributed by atoms with Crippen LogP contribution in [0, 0.1) is 0 Å². The second kappa shape index (κ2) is 4.85. The van der Waals surface area contributed by atoms with Crippen LogP contribution in [0.1, 0.15) is 23.0 Å². The summed E-state index contributed by atoms with van der Waals surface area (Å²) in [5, 5.41) is 3.81. The van der Waals surface area contributed by atoms with Crippen LogP contribution in [0.3, 0.4) is 0 Å². The molecule has 0 radical (unpaired) electrons. The SMILES string of the molecule is CC(=O)NC1CCN(c2cc(N)c(C(N)=O)s2)C1. The van der Waals surface area contributed by atoms with Crippen LogP contribution in [0.25, 0.3) is 0 Å². The predicted octanol–water partition coefficient (Wildman–Crippen LogP) is 0.144. The fraction of sp³-hybridized carbons (Fsp3) is 0.455. The first-order chi connectivity index (χ1) is 8.47. The Morgan fingerprint density at radius 1 is 1.56 bits per heavy atom. The highest BCUT2D eigenvalue weighted by molar-refractivity contribution is 7.18. The van der Waals surface area contributed by atoms with Gasteiger partial charge in [0.15, 0.2) is 0 Å². The summed E-state index contributed by atoms with van der Waals surface area (Å²) in [4.78, 5) is 24.6. The van der Waals surface area contributed by atoms with Crippen molar-refractivity contribution in [1.82, 2.24) is 5.32 Å². The van der Waals surface area contributed by atoms with Crippen LogP contribution in [0.2, 0.25) is 0 Å². The number of hydrogen-bond donors (Lipinski definition) is 3.